The Morgan fingerprint density at radius 2 is 2.25 bits per heavy atom. The average molecular weight is 114 g/mol. The van der Waals surface area contributed by atoms with Crippen molar-refractivity contribution < 1.29 is 5.11 Å². The molecule has 0 heterocycles. The van der Waals surface area contributed by atoms with Crippen molar-refractivity contribution in [1.29, 1.82) is 0 Å². The zero-order valence-electron chi connectivity index (χ0n) is 5.81. The van der Waals surface area contributed by atoms with E-state index < -0.39 is 0 Å². The third-order valence-corrected chi connectivity index (χ3v) is 1.19. The Balaban J connectivity index is 3.61. The summed E-state index contributed by atoms with van der Waals surface area (Å²) in [6.45, 7) is 5.78. The molecule has 0 aliphatic heterocycles. The van der Waals surface area contributed by atoms with E-state index in [0.29, 0.717) is 0 Å². The van der Waals surface area contributed by atoms with Crippen LogP contribution in [0.15, 0.2) is 11.6 Å². The highest BCUT2D eigenvalue weighted by atomic mass is 16.3. The third kappa shape index (κ3) is 2.80. The normalized spacial score (nSPS) is 16.2. The second-order valence-corrected chi connectivity index (χ2v) is 2.03. The quantitative estimate of drug-likeness (QED) is 0.542. The lowest BCUT2D eigenvalue weighted by Crippen LogP contribution is -1.99. The highest BCUT2D eigenvalue weighted by molar-refractivity contribution is 5.01. The predicted octanol–water partition coefficient (Wildman–Crippen LogP) is 1.72. The Bertz CT molecular complexity index is 82.4. The van der Waals surface area contributed by atoms with E-state index >= 15 is 0 Å². The molecule has 48 valence electrons. The van der Waals surface area contributed by atoms with E-state index in [1.807, 2.05) is 13.0 Å². The number of aliphatic hydroxyl groups is 1. The lowest BCUT2D eigenvalue weighted by Gasteiger charge is -2.01. The molecule has 0 aliphatic rings. The third-order valence-electron chi connectivity index (χ3n) is 1.19. The average Bonchev–Trinajstić information content (AvgIpc) is 1.67. The summed E-state index contributed by atoms with van der Waals surface area (Å²) < 4.78 is 0. The molecule has 1 nitrogen and oxygen atoms in total. The Kier molecular flexibility index (Phi) is 3.53. The van der Waals surface area contributed by atoms with Crippen molar-refractivity contribution in [3.05, 3.63) is 11.6 Å². The van der Waals surface area contributed by atoms with Crippen LogP contribution in [0.1, 0.15) is 27.2 Å². The molecule has 8 heavy (non-hydrogen) atoms. The van der Waals surface area contributed by atoms with Gasteiger partial charge in [-0.25, -0.2) is 0 Å². The lowest BCUT2D eigenvalue weighted by atomic mass is 10.2. The van der Waals surface area contributed by atoms with Gasteiger partial charge >= 0.3 is 0 Å². The topological polar surface area (TPSA) is 20.2 Å². The molecule has 0 aromatic carbocycles. The minimum atomic E-state index is -0.269. The number of hydrogen-bond acceptors (Lipinski definition) is 1. The Morgan fingerprint density at radius 3 is 2.38 bits per heavy atom. The van der Waals surface area contributed by atoms with Crippen molar-refractivity contribution in [2.75, 3.05) is 0 Å². The fraction of sp³-hybridized carbons (Fsp3) is 0.714. The lowest BCUT2D eigenvalue weighted by molar-refractivity contribution is 0.231. The molecule has 1 N–H and O–H groups in total. The van der Waals surface area contributed by atoms with Gasteiger partial charge in [-0.1, -0.05) is 13.0 Å². The van der Waals surface area contributed by atoms with Crippen molar-refractivity contribution in [2.45, 2.75) is 33.3 Å². The van der Waals surface area contributed by atoms with E-state index in [1.165, 1.54) is 0 Å². The first-order valence-electron chi connectivity index (χ1n) is 3.03. The van der Waals surface area contributed by atoms with Gasteiger partial charge in [-0.05, 0) is 25.8 Å². The second-order valence-electron chi connectivity index (χ2n) is 2.03. The Labute approximate surface area is 51.0 Å². The predicted molar refractivity (Wildman–Crippen MR) is 35.7 cm³/mol. The molecule has 0 saturated heterocycles. The van der Waals surface area contributed by atoms with Gasteiger partial charge in [-0.3, -0.25) is 0 Å². The first-order valence-corrected chi connectivity index (χ1v) is 3.03. The maximum Gasteiger partial charge on any atom is 0.0719 e. The standard InChI is InChI=1S/C7H14O/c1-4-5-6(2)7(3)8/h5,7-8H,4H2,1-3H3/b6-5+/t7-/m1/s1. The molecule has 0 fully saturated rings. The molecule has 0 amide bonds. The minimum absolute atomic E-state index is 0.269. The summed E-state index contributed by atoms with van der Waals surface area (Å²) in [4.78, 5) is 0. The van der Waals surface area contributed by atoms with Crippen LogP contribution in [0.25, 0.3) is 0 Å². The largest absolute Gasteiger partial charge is 0.389 e. The minimum Gasteiger partial charge on any atom is -0.389 e. The molecule has 1 atom stereocenters. The smallest absolute Gasteiger partial charge is 0.0719 e. The number of rotatable bonds is 2. The molecule has 0 unspecified atom stereocenters. The van der Waals surface area contributed by atoms with E-state index in [2.05, 4.69) is 6.92 Å². The molecule has 0 spiro atoms. The summed E-state index contributed by atoms with van der Waals surface area (Å²) >= 11 is 0. The fourth-order valence-corrected chi connectivity index (χ4v) is 0.493. The first kappa shape index (κ1) is 7.70. The molecule has 0 saturated carbocycles. The summed E-state index contributed by atoms with van der Waals surface area (Å²) in [7, 11) is 0. The molecular weight excluding hydrogens is 100 g/mol. The fourth-order valence-electron chi connectivity index (χ4n) is 0.493. The maximum atomic E-state index is 8.88. The van der Waals surface area contributed by atoms with Crippen molar-refractivity contribution in [2.24, 2.45) is 0 Å². The van der Waals surface area contributed by atoms with Gasteiger partial charge in [0.1, 0.15) is 0 Å². The van der Waals surface area contributed by atoms with Crippen LogP contribution in [0, 0.1) is 0 Å². The van der Waals surface area contributed by atoms with Gasteiger partial charge in [0.15, 0.2) is 0 Å². The maximum absolute atomic E-state index is 8.88. The van der Waals surface area contributed by atoms with Gasteiger partial charge in [-0.2, -0.15) is 0 Å². The molecule has 0 radical (unpaired) electrons. The van der Waals surface area contributed by atoms with Crippen LogP contribution in [-0.4, -0.2) is 11.2 Å². The van der Waals surface area contributed by atoms with Crippen LogP contribution >= 0.6 is 0 Å². The van der Waals surface area contributed by atoms with Gasteiger partial charge in [0.05, 0.1) is 6.10 Å². The van der Waals surface area contributed by atoms with Gasteiger partial charge < -0.3 is 5.11 Å². The molecule has 0 rings (SSSR count). The van der Waals surface area contributed by atoms with Crippen molar-refractivity contribution in [1.82, 2.24) is 0 Å². The van der Waals surface area contributed by atoms with Crippen LogP contribution in [0.4, 0.5) is 0 Å². The number of allylic oxidation sites excluding steroid dienone is 1. The highest BCUT2D eigenvalue weighted by Gasteiger charge is 1.93. The van der Waals surface area contributed by atoms with Crippen molar-refractivity contribution in [3.63, 3.8) is 0 Å². The number of hydrogen-bond donors (Lipinski definition) is 1. The molecule has 0 bridgehead atoms. The Hall–Kier alpha value is -0.300. The summed E-state index contributed by atoms with van der Waals surface area (Å²) in [5.74, 6) is 0. The van der Waals surface area contributed by atoms with E-state index in [0.717, 1.165) is 12.0 Å². The van der Waals surface area contributed by atoms with Crippen molar-refractivity contribution >= 4 is 0 Å². The highest BCUT2D eigenvalue weighted by Crippen LogP contribution is 1.99. The number of aliphatic hydroxyl groups excluding tert-OH is 1. The van der Waals surface area contributed by atoms with Gasteiger partial charge in [0.25, 0.3) is 0 Å². The van der Waals surface area contributed by atoms with Crippen molar-refractivity contribution in [3.8, 4) is 0 Å². The summed E-state index contributed by atoms with van der Waals surface area (Å²) in [6.07, 6.45) is 2.77. The first-order chi connectivity index (χ1) is 3.68. The van der Waals surface area contributed by atoms with Crippen LogP contribution < -0.4 is 0 Å². The molecule has 0 aromatic rings. The monoisotopic (exact) mass is 114 g/mol. The zero-order chi connectivity index (χ0) is 6.57. The van der Waals surface area contributed by atoms with Crippen LogP contribution in [0.3, 0.4) is 0 Å². The van der Waals surface area contributed by atoms with E-state index in [-0.39, 0.29) is 6.10 Å². The van der Waals surface area contributed by atoms with Gasteiger partial charge in [0.2, 0.25) is 0 Å². The summed E-state index contributed by atoms with van der Waals surface area (Å²) in [5, 5.41) is 8.88. The second kappa shape index (κ2) is 3.67. The van der Waals surface area contributed by atoms with E-state index in [9.17, 15) is 0 Å². The van der Waals surface area contributed by atoms with E-state index in [4.69, 9.17) is 5.11 Å². The van der Waals surface area contributed by atoms with Gasteiger partial charge in [0, 0.05) is 0 Å². The summed E-state index contributed by atoms with van der Waals surface area (Å²) in [6, 6.07) is 0. The molecular formula is C7H14O. The summed E-state index contributed by atoms with van der Waals surface area (Å²) in [5.41, 5.74) is 1.06. The molecule has 0 aliphatic carbocycles. The van der Waals surface area contributed by atoms with Crippen LogP contribution in [-0.2, 0) is 0 Å². The molecule has 0 aromatic heterocycles. The SMILES string of the molecule is CC/C=C(\C)[C@@H](C)O. The van der Waals surface area contributed by atoms with E-state index in [1.54, 1.807) is 6.92 Å². The van der Waals surface area contributed by atoms with Crippen LogP contribution in [0.2, 0.25) is 0 Å². The Morgan fingerprint density at radius 1 is 1.75 bits per heavy atom. The zero-order valence-corrected chi connectivity index (χ0v) is 5.81. The van der Waals surface area contributed by atoms with Crippen LogP contribution in [0.5, 0.6) is 0 Å². The molecule has 1 heteroatoms. The van der Waals surface area contributed by atoms with Gasteiger partial charge in [-0.15, -0.1) is 0 Å².